The monoisotopic (exact) mass is 345 g/mol. The van der Waals surface area contributed by atoms with Crippen molar-refractivity contribution in [2.24, 2.45) is 4.99 Å². The highest BCUT2D eigenvalue weighted by Crippen LogP contribution is 2.22. The molecule has 2 aromatic carbocycles. The topological polar surface area (TPSA) is 64.4 Å². The average Bonchev–Trinajstić information content (AvgIpc) is 2.71. The summed E-state index contributed by atoms with van der Waals surface area (Å²) < 4.78 is 5.23. The van der Waals surface area contributed by atoms with Crippen molar-refractivity contribution in [2.75, 3.05) is 6.61 Å². The summed E-state index contributed by atoms with van der Waals surface area (Å²) in [7, 11) is 0. The summed E-state index contributed by atoms with van der Waals surface area (Å²) in [6, 6.07) is 18.7. The van der Waals surface area contributed by atoms with Crippen LogP contribution in [0.15, 0.2) is 84.4 Å². The molecule has 1 aromatic heterocycles. The first-order valence-electron chi connectivity index (χ1n) is 8.39. The fourth-order valence-electron chi connectivity index (χ4n) is 2.57. The van der Waals surface area contributed by atoms with Gasteiger partial charge in [0.1, 0.15) is 6.33 Å². The lowest BCUT2D eigenvalue weighted by Gasteiger charge is -2.15. The quantitative estimate of drug-likeness (QED) is 0.506. The van der Waals surface area contributed by atoms with E-state index in [0.29, 0.717) is 11.3 Å². The zero-order chi connectivity index (χ0) is 18.2. The maximum absolute atomic E-state index is 12.6. The number of ether oxygens (including phenoxy) is 1. The minimum absolute atomic E-state index is 0.282. The molecule has 130 valence electrons. The molecule has 1 heterocycles. The standard InChI is InChI=1S/C21H19N3O2/c1-2-26-21(25)20(18-13-22-15-23-14-18)24-19(16-9-5-3-6-10-16)17-11-7-4-8-12-17/h3-15,20H,2H2,1H3/t20-/m0/s1. The molecule has 0 bridgehead atoms. The van der Waals surface area contributed by atoms with E-state index < -0.39 is 12.0 Å². The Hall–Kier alpha value is -3.34. The van der Waals surface area contributed by atoms with E-state index >= 15 is 0 Å². The van der Waals surface area contributed by atoms with Crippen LogP contribution in [0.1, 0.15) is 29.7 Å². The van der Waals surface area contributed by atoms with Gasteiger partial charge in [-0.3, -0.25) is 4.99 Å². The number of benzene rings is 2. The molecule has 0 spiro atoms. The summed E-state index contributed by atoms with van der Waals surface area (Å²) in [5.74, 6) is -0.424. The Kier molecular flexibility index (Phi) is 5.83. The molecule has 0 aliphatic rings. The minimum Gasteiger partial charge on any atom is -0.464 e. The van der Waals surface area contributed by atoms with Crippen LogP contribution in [-0.4, -0.2) is 28.3 Å². The van der Waals surface area contributed by atoms with Gasteiger partial charge in [0, 0.05) is 29.1 Å². The fourth-order valence-corrected chi connectivity index (χ4v) is 2.57. The van der Waals surface area contributed by atoms with Crippen LogP contribution in [0.3, 0.4) is 0 Å². The summed E-state index contributed by atoms with van der Waals surface area (Å²) in [6.45, 7) is 2.06. The second-order valence-corrected chi connectivity index (χ2v) is 5.54. The van der Waals surface area contributed by atoms with Gasteiger partial charge in [-0.05, 0) is 6.92 Å². The van der Waals surface area contributed by atoms with Crippen LogP contribution in [0.4, 0.5) is 0 Å². The van der Waals surface area contributed by atoms with Gasteiger partial charge in [-0.2, -0.15) is 0 Å². The molecule has 1 atom stereocenters. The smallest absolute Gasteiger partial charge is 0.335 e. The number of aromatic nitrogens is 2. The average molecular weight is 345 g/mol. The number of aliphatic imine (C=N–C) groups is 1. The Morgan fingerprint density at radius 2 is 1.50 bits per heavy atom. The Labute approximate surface area is 152 Å². The van der Waals surface area contributed by atoms with Crippen LogP contribution in [0.5, 0.6) is 0 Å². The molecular formula is C21H19N3O2. The van der Waals surface area contributed by atoms with E-state index in [1.807, 2.05) is 60.7 Å². The Morgan fingerprint density at radius 1 is 0.962 bits per heavy atom. The van der Waals surface area contributed by atoms with Crippen LogP contribution in [0.25, 0.3) is 0 Å². The maximum atomic E-state index is 12.6. The highest BCUT2D eigenvalue weighted by atomic mass is 16.5. The molecule has 0 unspecified atom stereocenters. The highest BCUT2D eigenvalue weighted by Gasteiger charge is 2.23. The van der Waals surface area contributed by atoms with Crippen LogP contribution in [0.2, 0.25) is 0 Å². The fraction of sp³-hybridized carbons (Fsp3) is 0.143. The van der Waals surface area contributed by atoms with Gasteiger partial charge in [0.25, 0.3) is 0 Å². The molecule has 0 fully saturated rings. The minimum atomic E-state index is -0.827. The normalized spacial score (nSPS) is 11.4. The van der Waals surface area contributed by atoms with Gasteiger partial charge in [0.05, 0.1) is 12.3 Å². The van der Waals surface area contributed by atoms with Crippen LogP contribution in [0, 0.1) is 0 Å². The molecular weight excluding hydrogens is 326 g/mol. The van der Waals surface area contributed by atoms with Crippen molar-refractivity contribution in [1.82, 2.24) is 9.97 Å². The van der Waals surface area contributed by atoms with Crippen molar-refractivity contribution in [1.29, 1.82) is 0 Å². The van der Waals surface area contributed by atoms with Gasteiger partial charge in [0.15, 0.2) is 6.04 Å². The second-order valence-electron chi connectivity index (χ2n) is 5.54. The maximum Gasteiger partial charge on any atom is 0.335 e. The summed E-state index contributed by atoms with van der Waals surface area (Å²) in [6.07, 6.45) is 4.60. The Bertz CT molecular complexity index is 824. The number of hydrogen-bond donors (Lipinski definition) is 0. The summed E-state index contributed by atoms with van der Waals surface area (Å²) in [5, 5.41) is 0. The Morgan fingerprint density at radius 3 is 2.00 bits per heavy atom. The van der Waals surface area contributed by atoms with Gasteiger partial charge in [0.2, 0.25) is 0 Å². The van der Waals surface area contributed by atoms with E-state index in [1.54, 1.807) is 19.3 Å². The van der Waals surface area contributed by atoms with Crippen molar-refractivity contribution < 1.29 is 9.53 Å². The van der Waals surface area contributed by atoms with Gasteiger partial charge in [-0.15, -0.1) is 0 Å². The number of nitrogens with zero attached hydrogens (tertiary/aromatic N) is 3. The third-order valence-corrected chi connectivity index (χ3v) is 3.76. The largest absolute Gasteiger partial charge is 0.464 e. The predicted octanol–water partition coefficient (Wildman–Crippen LogP) is 3.62. The lowest BCUT2D eigenvalue weighted by atomic mass is 10.0. The van der Waals surface area contributed by atoms with Crippen molar-refractivity contribution in [3.63, 3.8) is 0 Å². The molecule has 0 aliphatic carbocycles. The van der Waals surface area contributed by atoms with E-state index in [2.05, 4.69) is 9.97 Å². The number of carbonyl (C=O) groups is 1. The van der Waals surface area contributed by atoms with Crippen LogP contribution in [-0.2, 0) is 9.53 Å². The first-order chi connectivity index (χ1) is 12.8. The third-order valence-electron chi connectivity index (χ3n) is 3.76. The Balaban J connectivity index is 2.12. The third kappa shape index (κ3) is 4.19. The number of hydrogen-bond acceptors (Lipinski definition) is 5. The van der Waals surface area contributed by atoms with Crippen LogP contribution >= 0.6 is 0 Å². The predicted molar refractivity (Wildman–Crippen MR) is 99.9 cm³/mol. The van der Waals surface area contributed by atoms with E-state index in [4.69, 9.17) is 9.73 Å². The van der Waals surface area contributed by atoms with Crippen molar-refractivity contribution in [2.45, 2.75) is 13.0 Å². The first kappa shape index (κ1) is 17.5. The van der Waals surface area contributed by atoms with Gasteiger partial charge in [-0.1, -0.05) is 60.7 Å². The summed E-state index contributed by atoms with van der Waals surface area (Å²) in [4.78, 5) is 25.3. The van der Waals surface area contributed by atoms with E-state index in [9.17, 15) is 4.79 Å². The molecule has 0 N–H and O–H groups in total. The molecule has 0 aliphatic heterocycles. The molecule has 0 radical (unpaired) electrons. The van der Waals surface area contributed by atoms with Crippen molar-refractivity contribution in [3.05, 3.63) is 96.1 Å². The second kappa shape index (κ2) is 8.67. The SMILES string of the molecule is CCOC(=O)[C@@H](N=C(c1ccccc1)c1ccccc1)c1cncnc1. The molecule has 3 aromatic rings. The molecule has 3 rings (SSSR count). The first-order valence-corrected chi connectivity index (χ1v) is 8.39. The molecule has 26 heavy (non-hydrogen) atoms. The number of rotatable bonds is 6. The van der Waals surface area contributed by atoms with Crippen molar-refractivity contribution >= 4 is 11.7 Å². The summed E-state index contributed by atoms with van der Waals surface area (Å²) >= 11 is 0. The van der Waals surface area contributed by atoms with Gasteiger partial charge in [-0.25, -0.2) is 14.8 Å². The van der Waals surface area contributed by atoms with Gasteiger partial charge < -0.3 is 4.74 Å². The highest BCUT2D eigenvalue weighted by molar-refractivity contribution is 6.13. The molecule has 5 heteroatoms. The van der Waals surface area contributed by atoms with E-state index in [1.165, 1.54) is 6.33 Å². The zero-order valence-corrected chi connectivity index (χ0v) is 14.4. The molecule has 0 saturated carbocycles. The van der Waals surface area contributed by atoms with E-state index in [-0.39, 0.29) is 6.61 Å². The molecule has 0 saturated heterocycles. The van der Waals surface area contributed by atoms with E-state index in [0.717, 1.165) is 11.1 Å². The lowest BCUT2D eigenvalue weighted by Crippen LogP contribution is -2.17. The molecule has 0 amide bonds. The van der Waals surface area contributed by atoms with Gasteiger partial charge >= 0.3 is 5.97 Å². The lowest BCUT2D eigenvalue weighted by molar-refractivity contribution is -0.144. The molecule has 5 nitrogen and oxygen atoms in total. The van der Waals surface area contributed by atoms with Crippen LogP contribution < -0.4 is 0 Å². The van der Waals surface area contributed by atoms with Crippen molar-refractivity contribution in [3.8, 4) is 0 Å². The summed E-state index contributed by atoms with van der Waals surface area (Å²) in [5.41, 5.74) is 3.15. The number of carbonyl (C=O) groups excluding carboxylic acids is 1. The zero-order valence-electron chi connectivity index (χ0n) is 14.4. The number of esters is 1.